The number of nitrogens with two attached hydrogens (primary N) is 1. The smallest absolute Gasteiger partial charge is 0.249 e. The predicted molar refractivity (Wildman–Crippen MR) is 76.9 cm³/mol. The van der Waals surface area contributed by atoms with Crippen LogP contribution < -0.4 is 11.1 Å². The summed E-state index contributed by atoms with van der Waals surface area (Å²) in [6, 6.07) is 7.41. The van der Waals surface area contributed by atoms with E-state index >= 15 is 0 Å². The minimum Gasteiger partial charge on any atom is -0.381 e. The van der Waals surface area contributed by atoms with Gasteiger partial charge in [0.1, 0.15) is 0 Å². The fourth-order valence-corrected chi connectivity index (χ4v) is 1.76. The lowest BCUT2D eigenvalue weighted by Crippen LogP contribution is -2.20. The molecule has 0 bridgehead atoms. The first-order valence-corrected chi connectivity index (χ1v) is 6.77. The van der Waals surface area contributed by atoms with Crippen molar-refractivity contribution in [3.63, 3.8) is 0 Å². The molecule has 0 saturated carbocycles. The zero-order chi connectivity index (χ0) is 14.1. The molecule has 19 heavy (non-hydrogen) atoms. The van der Waals surface area contributed by atoms with Crippen LogP contribution in [-0.2, 0) is 11.3 Å². The SMILES string of the molecule is CC(C)COCCCNCc1ccccc1C(N)=O. The lowest BCUT2D eigenvalue weighted by atomic mass is 10.1. The number of nitrogens with one attached hydrogen (secondary N) is 1. The van der Waals surface area contributed by atoms with Crippen molar-refractivity contribution >= 4 is 5.91 Å². The molecule has 0 unspecified atom stereocenters. The van der Waals surface area contributed by atoms with Crippen molar-refractivity contribution < 1.29 is 9.53 Å². The highest BCUT2D eigenvalue weighted by atomic mass is 16.5. The van der Waals surface area contributed by atoms with E-state index in [0.717, 1.165) is 31.7 Å². The van der Waals surface area contributed by atoms with Crippen LogP contribution in [0.25, 0.3) is 0 Å². The predicted octanol–water partition coefficient (Wildman–Crippen LogP) is 1.94. The van der Waals surface area contributed by atoms with Crippen LogP contribution in [0, 0.1) is 5.92 Å². The van der Waals surface area contributed by atoms with Crippen LogP contribution in [0.3, 0.4) is 0 Å². The molecular weight excluding hydrogens is 240 g/mol. The molecule has 3 N–H and O–H groups in total. The van der Waals surface area contributed by atoms with Crippen LogP contribution in [0.15, 0.2) is 24.3 Å². The quantitative estimate of drug-likeness (QED) is 0.670. The second-order valence-electron chi connectivity index (χ2n) is 5.02. The Labute approximate surface area is 115 Å². The van der Waals surface area contributed by atoms with Gasteiger partial charge in [-0.3, -0.25) is 4.79 Å². The summed E-state index contributed by atoms with van der Waals surface area (Å²) in [6.07, 6.45) is 0.964. The van der Waals surface area contributed by atoms with Crippen molar-refractivity contribution in [1.82, 2.24) is 5.32 Å². The Morgan fingerprint density at radius 3 is 2.79 bits per heavy atom. The van der Waals surface area contributed by atoms with Gasteiger partial charge in [-0.15, -0.1) is 0 Å². The second-order valence-corrected chi connectivity index (χ2v) is 5.02. The Balaban J connectivity index is 2.21. The molecule has 1 aromatic carbocycles. The molecule has 0 saturated heterocycles. The third-order valence-corrected chi connectivity index (χ3v) is 2.69. The van der Waals surface area contributed by atoms with E-state index in [4.69, 9.17) is 10.5 Å². The Bertz CT molecular complexity index is 391. The van der Waals surface area contributed by atoms with Crippen LogP contribution in [0.4, 0.5) is 0 Å². The van der Waals surface area contributed by atoms with Gasteiger partial charge < -0.3 is 15.8 Å². The Morgan fingerprint density at radius 1 is 1.37 bits per heavy atom. The minimum absolute atomic E-state index is 0.377. The van der Waals surface area contributed by atoms with Crippen molar-refractivity contribution in [2.45, 2.75) is 26.8 Å². The first-order chi connectivity index (χ1) is 9.11. The summed E-state index contributed by atoms with van der Waals surface area (Å²) in [7, 11) is 0. The highest BCUT2D eigenvalue weighted by molar-refractivity contribution is 5.94. The molecule has 1 aromatic rings. The second kappa shape index (κ2) is 8.67. The van der Waals surface area contributed by atoms with Crippen LogP contribution in [0.1, 0.15) is 36.2 Å². The van der Waals surface area contributed by atoms with E-state index < -0.39 is 0 Å². The number of primary amides is 1. The fraction of sp³-hybridized carbons (Fsp3) is 0.533. The molecule has 0 atom stereocenters. The number of benzene rings is 1. The van der Waals surface area contributed by atoms with Gasteiger partial charge in [0.25, 0.3) is 0 Å². The van der Waals surface area contributed by atoms with Crippen molar-refractivity contribution in [3.05, 3.63) is 35.4 Å². The third-order valence-electron chi connectivity index (χ3n) is 2.69. The Hall–Kier alpha value is -1.39. The lowest BCUT2D eigenvalue weighted by Gasteiger charge is -2.09. The summed E-state index contributed by atoms with van der Waals surface area (Å²) < 4.78 is 5.50. The van der Waals surface area contributed by atoms with E-state index in [1.165, 1.54) is 0 Å². The van der Waals surface area contributed by atoms with Gasteiger partial charge in [-0.1, -0.05) is 32.0 Å². The first-order valence-electron chi connectivity index (χ1n) is 6.77. The van der Waals surface area contributed by atoms with Gasteiger partial charge in [0.2, 0.25) is 5.91 Å². The summed E-state index contributed by atoms with van der Waals surface area (Å²) in [5, 5.41) is 3.30. The molecule has 0 fully saturated rings. The molecule has 0 aliphatic carbocycles. The van der Waals surface area contributed by atoms with Crippen molar-refractivity contribution in [3.8, 4) is 0 Å². The van der Waals surface area contributed by atoms with E-state index in [0.29, 0.717) is 18.0 Å². The molecule has 0 spiro atoms. The maximum atomic E-state index is 11.2. The van der Waals surface area contributed by atoms with Gasteiger partial charge in [0.05, 0.1) is 0 Å². The normalized spacial score (nSPS) is 10.9. The van der Waals surface area contributed by atoms with Crippen LogP contribution in [0.2, 0.25) is 0 Å². The molecule has 4 nitrogen and oxygen atoms in total. The van der Waals surface area contributed by atoms with Gasteiger partial charge in [0.15, 0.2) is 0 Å². The van der Waals surface area contributed by atoms with Gasteiger partial charge in [0, 0.05) is 25.3 Å². The molecule has 1 rings (SSSR count). The molecular formula is C15H24N2O2. The number of carbonyl (C=O) groups excluding carboxylic acids is 1. The van der Waals surface area contributed by atoms with Crippen molar-refractivity contribution in [2.24, 2.45) is 11.7 Å². The van der Waals surface area contributed by atoms with Gasteiger partial charge in [-0.05, 0) is 30.5 Å². The summed E-state index contributed by atoms with van der Waals surface area (Å²) in [5.74, 6) is 0.202. The Morgan fingerprint density at radius 2 is 2.11 bits per heavy atom. The Kier molecular flexibility index (Phi) is 7.15. The highest BCUT2D eigenvalue weighted by Gasteiger charge is 2.05. The zero-order valence-corrected chi connectivity index (χ0v) is 11.8. The zero-order valence-electron chi connectivity index (χ0n) is 11.8. The molecule has 0 radical (unpaired) electrons. The molecule has 0 aromatic heterocycles. The number of ether oxygens (including phenoxy) is 1. The van der Waals surface area contributed by atoms with E-state index in [9.17, 15) is 4.79 Å². The fourth-order valence-electron chi connectivity index (χ4n) is 1.76. The third kappa shape index (κ3) is 6.36. The summed E-state index contributed by atoms with van der Waals surface area (Å²) in [4.78, 5) is 11.2. The monoisotopic (exact) mass is 264 g/mol. The standard InChI is InChI=1S/C15H24N2O2/c1-12(2)11-19-9-5-8-17-10-13-6-3-4-7-14(13)15(16)18/h3-4,6-7,12,17H,5,8-11H2,1-2H3,(H2,16,18). The average molecular weight is 264 g/mol. The average Bonchev–Trinajstić information content (AvgIpc) is 2.37. The summed E-state index contributed by atoms with van der Waals surface area (Å²) in [6.45, 7) is 7.37. The van der Waals surface area contributed by atoms with Crippen molar-refractivity contribution in [1.29, 1.82) is 0 Å². The molecule has 0 aliphatic heterocycles. The van der Waals surface area contributed by atoms with E-state index in [1.807, 2.05) is 18.2 Å². The summed E-state index contributed by atoms with van der Waals surface area (Å²) in [5.41, 5.74) is 6.86. The van der Waals surface area contributed by atoms with Crippen LogP contribution in [0.5, 0.6) is 0 Å². The molecule has 0 heterocycles. The highest BCUT2D eigenvalue weighted by Crippen LogP contribution is 2.07. The maximum absolute atomic E-state index is 11.2. The van der Waals surface area contributed by atoms with E-state index in [2.05, 4.69) is 19.2 Å². The van der Waals surface area contributed by atoms with E-state index in [-0.39, 0.29) is 5.91 Å². The lowest BCUT2D eigenvalue weighted by molar-refractivity contribution is 0.0999. The van der Waals surface area contributed by atoms with Gasteiger partial charge >= 0.3 is 0 Å². The number of hydrogen-bond acceptors (Lipinski definition) is 3. The maximum Gasteiger partial charge on any atom is 0.249 e. The van der Waals surface area contributed by atoms with Gasteiger partial charge in [-0.25, -0.2) is 0 Å². The number of amides is 1. The van der Waals surface area contributed by atoms with E-state index in [1.54, 1.807) is 6.07 Å². The number of carbonyl (C=O) groups is 1. The molecule has 1 amide bonds. The largest absolute Gasteiger partial charge is 0.381 e. The van der Waals surface area contributed by atoms with Gasteiger partial charge in [-0.2, -0.15) is 0 Å². The number of rotatable bonds is 9. The van der Waals surface area contributed by atoms with Crippen molar-refractivity contribution in [2.75, 3.05) is 19.8 Å². The number of hydrogen-bond donors (Lipinski definition) is 2. The minimum atomic E-state index is -0.377. The molecule has 106 valence electrons. The van der Waals surface area contributed by atoms with Crippen LogP contribution in [-0.4, -0.2) is 25.7 Å². The molecule has 0 aliphatic rings. The first kappa shape index (κ1) is 15.7. The molecule has 4 heteroatoms. The van der Waals surface area contributed by atoms with Crippen LogP contribution >= 0.6 is 0 Å². The summed E-state index contributed by atoms with van der Waals surface area (Å²) >= 11 is 0. The topological polar surface area (TPSA) is 64.3 Å².